The molecule has 0 bridgehead atoms. The highest BCUT2D eigenvalue weighted by molar-refractivity contribution is 7.89. The van der Waals surface area contributed by atoms with E-state index in [9.17, 15) is 13.2 Å². The molecule has 0 heterocycles. The first-order chi connectivity index (χ1) is 9.92. The molecule has 0 aliphatic heterocycles. The zero-order valence-corrected chi connectivity index (χ0v) is 14.7. The third kappa shape index (κ3) is 5.92. The fourth-order valence-electron chi connectivity index (χ4n) is 1.85. The molecule has 0 unspecified atom stereocenters. The van der Waals surface area contributed by atoms with Crippen LogP contribution >= 0.6 is 12.4 Å². The molecule has 22 heavy (non-hydrogen) atoms. The zero-order chi connectivity index (χ0) is 15.9. The van der Waals surface area contributed by atoms with Crippen molar-refractivity contribution in [3.63, 3.8) is 0 Å². The number of nitrogens with one attached hydrogen (secondary N) is 3. The lowest BCUT2D eigenvalue weighted by Gasteiger charge is -2.10. The molecule has 0 aliphatic carbocycles. The molecule has 0 radical (unpaired) electrons. The predicted molar refractivity (Wildman–Crippen MR) is 90.2 cm³/mol. The van der Waals surface area contributed by atoms with E-state index >= 15 is 0 Å². The Labute approximate surface area is 138 Å². The second-order valence-corrected chi connectivity index (χ2v) is 6.46. The van der Waals surface area contributed by atoms with Gasteiger partial charge in [0.1, 0.15) is 0 Å². The number of carbonyl (C=O) groups excluding carboxylic acids is 1. The average molecular weight is 350 g/mol. The van der Waals surface area contributed by atoms with Crippen molar-refractivity contribution in [1.29, 1.82) is 0 Å². The molecule has 1 aromatic carbocycles. The Morgan fingerprint density at radius 2 is 1.91 bits per heavy atom. The maximum atomic E-state index is 12.1. The Morgan fingerprint density at radius 3 is 2.50 bits per heavy atom. The summed E-state index contributed by atoms with van der Waals surface area (Å²) in [5.74, 6) is -0.253. The first-order valence-corrected chi connectivity index (χ1v) is 8.43. The van der Waals surface area contributed by atoms with Crippen molar-refractivity contribution in [2.24, 2.45) is 0 Å². The lowest BCUT2D eigenvalue weighted by atomic mass is 10.1. The van der Waals surface area contributed by atoms with Gasteiger partial charge in [-0.3, -0.25) is 4.79 Å². The minimum Gasteiger partial charge on any atom is -0.352 e. The first-order valence-electron chi connectivity index (χ1n) is 6.95. The average Bonchev–Trinajstić information content (AvgIpc) is 2.43. The Morgan fingerprint density at radius 1 is 1.23 bits per heavy atom. The van der Waals surface area contributed by atoms with Gasteiger partial charge in [0.05, 0.1) is 4.90 Å². The van der Waals surface area contributed by atoms with E-state index in [0.717, 1.165) is 18.5 Å². The Balaban J connectivity index is 0.00000441. The molecule has 0 saturated heterocycles. The van der Waals surface area contributed by atoms with Crippen molar-refractivity contribution in [3.05, 3.63) is 29.3 Å². The topological polar surface area (TPSA) is 87.3 Å². The Kier molecular flexibility index (Phi) is 9.27. The number of rotatable bonds is 8. The van der Waals surface area contributed by atoms with Gasteiger partial charge in [0.25, 0.3) is 5.91 Å². The van der Waals surface area contributed by atoms with E-state index in [1.807, 2.05) is 7.05 Å². The van der Waals surface area contributed by atoms with Gasteiger partial charge in [-0.05, 0) is 44.6 Å². The predicted octanol–water partition coefficient (Wildman–Crippen LogP) is 1.05. The van der Waals surface area contributed by atoms with Crippen molar-refractivity contribution in [3.8, 4) is 0 Å². The van der Waals surface area contributed by atoms with Crippen LogP contribution in [0.25, 0.3) is 0 Å². The molecule has 0 aliphatic rings. The van der Waals surface area contributed by atoms with Crippen LogP contribution in [0.1, 0.15) is 29.3 Å². The molecule has 126 valence electrons. The van der Waals surface area contributed by atoms with Crippen LogP contribution in [0, 0.1) is 6.92 Å². The van der Waals surface area contributed by atoms with E-state index < -0.39 is 10.0 Å². The lowest BCUT2D eigenvalue weighted by Crippen LogP contribution is -2.28. The van der Waals surface area contributed by atoms with Crippen LogP contribution in [0.3, 0.4) is 0 Å². The van der Waals surface area contributed by atoms with Crippen LogP contribution in [0.15, 0.2) is 23.1 Å². The van der Waals surface area contributed by atoms with Gasteiger partial charge in [-0.15, -0.1) is 12.4 Å². The van der Waals surface area contributed by atoms with Gasteiger partial charge in [-0.2, -0.15) is 0 Å². The minimum absolute atomic E-state index is 0. The summed E-state index contributed by atoms with van der Waals surface area (Å²) in [5.41, 5.74) is 1.13. The zero-order valence-electron chi connectivity index (χ0n) is 13.1. The molecule has 0 aromatic heterocycles. The van der Waals surface area contributed by atoms with Crippen molar-refractivity contribution < 1.29 is 13.2 Å². The van der Waals surface area contributed by atoms with Gasteiger partial charge in [-0.1, -0.05) is 13.0 Å². The lowest BCUT2D eigenvalue weighted by molar-refractivity contribution is 0.0952. The molecular weight excluding hydrogens is 326 g/mol. The summed E-state index contributed by atoms with van der Waals surface area (Å²) in [6.07, 6.45) is 0.816. The van der Waals surface area contributed by atoms with Crippen molar-refractivity contribution in [2.75, 3.05) is 26.7 Å². The van der Waals surface area contributed by atoms with Crippen molar-refractivity contribution in [2.45, 2.75) is 25.2 Å². The minimum atomic E-state index is -3.55. The Hall–Kier alpha value is -1.15. The van der Waals surface area contributed by atoms with Gasteiger partial charge in [-0.25, -0.2) is 13.1 Å². The number of aryl methyl sites for hydroxylation is 1. The highest BCUT2D eigenvalue weighted by Crippen LogP contribution is 2.15. The molecule has 1 aromatic rings. The summed E-state index contributed by atoms with van der Waals surface area (Å²) in [6, 6.07) is 4.57. The van der Waals surface area contributed by atoms with Crippen molar-refractivity contribution >= 4 is 28.3 Å². The molecule has 6 nitrogen and oxygen atoms in total. The maximum Gasteiger partial charge on any atom is 0.251 e. The molecule has 3 N–H and O–H groups in total. The standard InChI is InChI=1S/C14H23N3O3S.ClH/c1-4-17-21(19,20)12-7-6-11(2)13(10-12)14(18)16-9-5-8-15-3;/h6-7,10,15,17H,4-5,8-9H2,1-3H3,(H,16,18);1H. The summed E-state index contributed by atoms with van der Waals surface area (Å²) in [4.78, 5) is 12.2. The van der Waals surface area contributed by atoms with E-state index in [0.29, 0.717) is 18.7 Å². The summed E-state index contributed by atoms with van der Waals surface area (Å²) < 4.78 is 26.3. The van der Waals surface area contributed by atoms with E-state index in [4.69, 9.17) is 0 Å². The highest BCUT2D eigenvalue weighted by atomic mass is 35.5. The number of hydrogen-bond acceptors (Lipinski definition) is 4. The molecule has 1 rings (SSSR count). The third-order valence-corrected chi connectivity index (χ3v) is 4.53. The summed E-state index contributed by atoms with van der Waals surface area (Å²) in [5, 5.41) is 5.79. The first kappa shape index (κ1) is 20.9. The molecule has 0 fully saturated rings. The second kappa shape index (κ2) is 9.78. The van der Waals surface area contributed by atoms with Crippen LogP contribution in [0.5, 0.6) is 0 Å². The maximum absolute atomic E-state index is 12.1. The smallest absolute Gasteiger partial charge is 0.251 e. The largest absolute Gasteiger partial charge is 0.352 e. The number of sulfonamides is 1. The van der Waals surface area contributed by atoms with Crippen LogP contribution in [0.4, 0.5) is 0 Å². The van der Waals surface area contributed by atoms with E-state index in [1.54, 1.807) is 19.9 Å². The van der Waals surface area contributed by atoms with Gasteiger partial charge < -0.3 is 10.6 Å². The number of carbonyl (C=O) groups is 1. The summed E-state index contributed by atoms with van der Waals surface area (Å²) in [7, 11) is -1.70. The monoisotopic (exact) mass is 349 g/mol. The number of amides is 1. The third-order valence-electron chi connectivity index (χ3n) is 2.99. The normalized spacial score (nSPS) is 10.9. The van der Waals surface area contributed by atoms with E-state index in [2.05, 4.69) is 15.4 Å². The quantitative estimate of drug-likeness (QED) is 0.612. The van der Waals surface area contributed by atoms with Gasteiger partial charge in [0, 0.05) is 18.7 Å². The van der Waals surface area contributed by atoms with Crippen LogP contribution in [-0.4, -0.2) is 41.0 Å². The summed E-state index contributed by atoms with van der Waals surface area (Å²) >= 11 is 0. The van der Waals surface area contributed by atoms with Gasteiger partial charge in [0.2, 0.25) is 10.0 Å². The van der Waals surface area contributed by atoms with Gasteiger partial charge >= 0.3 is 0 Å². The molecule has 8 heteroatoms. The molecule has 0 saturated carbocycles. The van der Waals surface area contributed by atoms with Gasteiger partial charge in [0.15, 0.2) is 0 Å². The fraction of sp³-hybridized carbons (Fsp3) is 0.500. The molecule has 0 spiro atoms. The van der Waals surface area contributed by atoms with Crippen LogP contribution in [-0.2, 0) is 10.0 Å². The second-order valence-electron chi connectivity index (χ2n) is 4.69. The highest BCUT2D eigenvalue weighted by Gasteiger charge is 2.16. The number of benzene rings is 1. The number of hydrogen-bond donors (Lipinski definition) is 3. The Bertz CT molecular complexity index is 591. The molecular formula is C14H24ClN3O3S. The van der Waals surface area contributed by atoms with Crippen LogP contribution in [0.2, 0.25) is 0 Å². The fourth-order valence-corrected chi connectivity index (χ4v) is 2.92. The molecule has 1 amide bonds. The molecule has 0 atom stereocenters. The van der Waals surface area contributed by atoms with E-state index in [1.165, 1.54) is 12.1 Å². The van der Waals surface area contributed by atoms with Crippen LogP contribution < -0.4 is 15.4 Å². The van der Waals surface area contributed by atoms with E-state index in [-0.39, 0.29) is 23.2 Å². The number of halogens is 1. The SMILES string of the molecule is CCNS(=O)(=O)c1ccc(C)c(C(=O)NCCCNC)c1.Cl. The van der Waals surface area contributed by atoms with Crippen molar-refractivity contribution in [1.82, 2.24) is 15.4 Å². The summed E-state index contributed by atoms with van der Waals surface area (Å²) in [6.45, 7) is 5.16.